The van der Waals surface area contributed by atoms with Crippen molar-refractivity contribution in [3.63, 3.8) is 0 Å². The van der Waals surface area contributed by atoms with Gasteiger partial charge in [0.25, 0.3) is 5.91 Å². The standard InChI is InChI=1S/C11H12BrCl3N2O5S/c12-1-10(9(20)22-3-11(13,14)15)2-17-7(19)6(16-5-18)8(17)23(21)4-10/h5-6,8H,1-4H2,(H,16,18)/t6?,8-,10?,23?/m1/s1. The Bertz CT molecular complexity index is 522. The Kier molecular flexibility index (Phi) is 6.01. The predicted molar refractivity (Wildman–Crippen MR) is 89.0 cm³/mol. The number of fused-ring (bicyclic) bond motifs is 1. The fourth-order valence-electron chi connectivity index (χ4n) is 2.50. The molecule has 0 aromatic rings. The zero-order valence-electron chi connectivity index (χ0n) is 11.5. The van der Waals surface area contributed by atoms with Gasteiger partial charge in [-0.3, -0.25) is 19.3 Å². The third-order valence-corrected chi connectivity index (χ3v) is 6.91. The highest BCUT2D eigenvalue weighted by Gasteiger charge is 2.64. The number of carbonyl (C=O) groups is 3. The monoisotopic (exact) mass is 468 g/mol. The molecule has 7 nitrogen and oxygen atoms in total. The van der Waals surface area contributed by atoms with E-state index in [1.807, 2.05) is 0 Å². The van der Waals surface area contributed by atoms with E-state index in [9.17, 15) is 18.9 Å². The Labute approximate surface area is 158 Å². The van der Waals surface area contributed by atoms with Crippen molar-refractivity contribution in [3.05, 3.63) is 0 Å². The number of carbonyl (C=O) groups excluding carboxylic acids is 3. The molecule has 0 bridgehead atoms. The van der Waals surface area contributed by atoms with Crippen molar-refractivity contribution < 1.29 is 23.7 Å². The SMILES string of the molecule is O=CNC1C(=O)N2CC(CBr)(C(=O)OCC(Cl)(Cl)Cl)C[S+]([O-])[C@H]12. The van der Waals surface area contributed by atoms with Crippen LogP contribution < -0.4 is 5.32 Å². The fourth-order valence-corrected chi connectivity index (χ4v) is 5.52. The van der Waals surface area contributed by atoms with Crippen LogP contribution in [0.5, 0.6) is 0 Å². The average Bonchev–Trinajstić information content (AvgIpc) is 2.48. The molecule has 0 aromatic heterocycles. The predicted octanol–water partition coefficient (Wildman–Crippen LogP) is 0.326. The van der Waals surface area contributed by atoms with E-state index < -0.39 is 50.3 Å². The van der Waals surface area contributed by atoms with Crippen molar-refractivity contribution >= 4 is 80.2 Å². The molecule has 0 aliphatic carbocycles. The molecule has 1 N–H and O–H groups in total. The van der Waals surface area contributed by atoms with Crippen LogP contribution in [0.3, 0.4) is 0 Å². The van der Waals surface area contributed by atoms with Crippen molar-refractivity contribution in [1.29, 1.82) is 0 Å². The average molecular weight is 471 g/mol. The molecule has 2 amide bonds. The van der Waals surface area contributed by atoms with Crippen LogP contribution in [0.15, 0.2) is 0 Å². The van der Waals surface area contributed by atoms with Crippen LogP contribution in [0.4, 0.5) is 0 Å². The van der Waals surface area contributed by atoms with Crippen molar-refractivity contribution in [2.45, 2.75) is 15.2 Å². The van der Waals surface area contributed by atoms with Gasteiger partial charge in [-0.2, -0.15) is 0 Å². The minimum absolute atomic E-state index is 0.0171. The van der Waals surface area contributed by atoms with Crippen molar-refractivity contribution in [2.24, 2.45) is 5.41 Å². The lowest BCUT2D eigenvalue weighted by atomic mass is 9.89. The lowest BCUT2D eigenvalue weighted by molar-refractivity contribution is -0.161. The number of rotatable bonds is 5. The molecule has 130 valence electrons. The molecular weight excluding hydrogens is 458 g/mol. The van der Waals surface area contributed by atoms with E-state index in [0.717, 1.165) is 0 Å². The van der Waals surface area contributed by atoms with Gasteiger partial charge >= 0.3 is 5.97 Å². The molecular formula is C11H12BrCl3N2O5S. The van der Waals surface area contributed by atoms with Gasteiger partial charge in [0.15, 0.2) is 6.04 Å². The van der Waals surface area contributed by atoms with Crippen LogP contribution in [-0.4, -0.2) is 67.2 Å². The van der Waals surface area contributed by atoms with Crippen LogP contribution in [0, 0.1) is 5.41 Å². The lowest BCUT2D eigenvalue weighted by Crippen LogP contribution is -2.78. The number of esters is 1. The lowest BCUT2D eigenvalue weighted by Gasteiger charge is -2.53. The Morgan fingerprint density at radius 3 is 2.78 bits per heavy atom. The summed E-state index contributed by atoms with van der Waals surface area (Å²) < 4.78 is 15.7. The molecule has 0 saturated carbocycles. The number of β-lactam (4-membered cyclic amide) rings is 1. The first-order valence-electron chi connectivity index (χ1n) is 6.32. The minimum Gasteiger partial charge on any atom is -0.615 e. The molecule has 4 atom stereocenters. The van der Waals surface area contributed by atoms with Gasteiger partial charge in [0.05, 0.1) is 0 Å². The maximum Gasteiger partial charge on any atom is 0.319 e. The molecule has 2 fully saturated rings. The summed E-state index contributed by atoms with van der Waals surface area (Å²) >= 11 is 18.3. The smallest absolute Gasteiger partial charge is 0.319 e. The van der Waals surface area contributed by atoms with Gasteiger partial charge in [-0.05, 0) is 11.2 Å². The number of nitrogens with zero attached hydrogens (tertiary/aromatic N) is 1. The molecule has 23 heavy (non-hydrogen) atoms. The summed E-state index contributed by atoms with van der Waals surface area (Å²) in [4.78, 5) is 36.2. The second-order valence-electron chi connectivity index (χ2n) is 5.25. The normalized spacial score (nSPS) is 33.5. The number of hydrogen-bond donors (Lipinski definition) is 1. The zero-order chi connectivity index (χ0) is 17.4. The minimum atomic E-state index is -1.76. The van der Waals surface area contributed by atoms with Gasteiger partial charge < -0.3 is 14.6 Å². The number of ether oxygens (including phenoxy) is 1. The first kappa shape index (κ1) is 19.4. The third kappa shape index (κ3) is 3.85. The van der Waals surface area contributed by atoms with E-state index in [1.54, 1.807) is 0 Å². The summed E-state index contributed by atoms with van der Waals surface area (Å²) in [6.07, 6.45) is 0.388. The largest absolute Gasteiger partial charge is 0.615 e. The molecule has 2 aliphatic rings. The Morgan fingerprint density at radius 1 is 1.61 bits per heavy atom. The number of nitrogens with one attached hydrogen (secondary N) is 1. The summed E-state index contributed by atoms with van der Waals surface area (Å²) in [5, 5.41) is 1.83. The van der Waals surface area contributed by atoms with E-state index >= 15 is 0 Å². The van der Waals surface area contributed by atoms with E-state index in [0.29, 0.717) is 6.41 Å². The molecule has 3 unspecified atom stereocenters. The fraction of sp³-hybridized carbons (Fsp3) is 0.727. The number of alkyl halides is 4. The highest BCUT2D eigenvalue weighted by molar-refractivity contribution is 9.09. The topological polar surface area (TPSA) is 98.8 Å². The highest BCUT2D eigenvalue weighted by atomic mass is 79.9. The Balaban J connectivity index is 2.11. The number of halogens is 4. The van der Waals surface area contributed by atoms with E-state index in [1.165, 1.54) is 4.90 Å². The first-order valence-corrected chi connectivity index (χ1v) is 9.96. The maximum absolute atomic E-state index is 12.4. The maximum atomic E-state index is 12.4. The summed E-state index contributed by atoms with van der Waals surface area (Å²) in [7, 11) is 0. The number of hydrogen-bond acceptors (Lipinski definition) is 5. The van der Waals surface area contributed by atoms with Crippen molar-refractivity contribution in [1.82, 2.24) is 10.2 Å². The Morgan fingerprint density at radius 2 is 2.26 bits per heavy atom. The summed E-state index contributed by atoms with van der Waals surface area (Å²) in [6.45, 7) is -0.437. The van der Waals surface area contributed by atoms with Crippen LogP contribution in [0.2, 0.25) is 0 Å². The summed E-state index contributed by atoms with van der Waals surface area (Å²) in [6, 6.07) is -0.821. The second kappa shape index (κ2) is 7.13. The molecule has 2 aliphatic heterocycles. The van der Waals surface area contributed by atoms with Gasteiger partial charge in [-0.1, -0.05) is 50.7 Å². The van der Waals surface area contributed by atoms with Crippen LogP contribution in [0.25, 0.3) is 0 Å². The molecule has 2 heterocycles. The molecule has 2 rings (SSSR count). The van der Waals surface area contributed by atoms with E-state index in [2.05, 4.69) is 21.2 Å². The van der Waals surface area contributed by atoms with Gasteiger partial charge in [0, 0.05) is 11.9 Å². The quantitative estimate of drug-likeness (QED) is 0.205. The summed E-state index contributed by atoms with van der Waals surface area (Å²) in [5.74, 6) is -1.12. The molecule has 0 spiro atoms. The zero-order valence-corrected chi connectivity index (χ0v) is 16.1. The Hall–Kier alpha value is 0.0700. The molecule has 12 heteroatoms. The van der Waals surface area contributed by atoms with Gasteiger partial charge in [-0.25, -0.2) is 0 Å². The van der Waals surface area contributed by atoms with Gasteiger partial charge in [0.2, 0.25) is 15.6 Å². The van der Waals surface area contributed by atoms with Crippen LogP contribution in [-0.2, 0) is 30.3 Å². The third-order valence-electron chi connectivity index (χ3n) is 3.61. The van der Waals surface area contributed by atoms with E-state index in [4.69, 9.17) is 39.5 Å². The van der Waals surface area contributed by atoms with Gasteiger partial charge in [-0.15, -0.1) is 0 Å². The van der Waals surface area contributed by atoms with Crippen molar-refractivity contribution in [2.75, 3.05) is 24.2 Å². The molecule has 2 saturated heterocycles. The first-order chi connectivity index (χ1) is 10.6. The second-order valence-corrected chi connectivity index (χ2v) is 9.86. The number of amides is 2. The van der Waals surface area contributed by atoms with Crippen LogP contribution >= 0.6 is 50.7 Å². The van der Waals surface area contributed by atoms with Gasteiger partial charge in [0.1, 0.15) is 17.8 Å². The van der Waals surface area contributed by atoms with Crippen molar-refractivity contribution in [3.8, 4) is 0 Å². The summed E-state index contributed by atoms with van der Waals surface area (Å²) in [5.41, 5.74) is -1.20. The van der Waals surface area contributed by atoms with Crippen LogP contribution in [0.1, 0.15) is 0 Å². The van der Waals surface area contributed by atoms with E-state index in [-0.39, 0.29) is 17.6 Å². The molecule has 0 aromatic carbocycles. The molecule has 0 radical (unpaired) electrons. The highest BCUT2D eigenvalue weighted by Crippen LogP contribution is 2.40.